The number of nitrogens with one attached hydrogen (secondary N) is 1. The van der Waals surface area contributed by atoms with E-state index >= 15 is 0 Å². The van der Waals surface area contributed by atoms with Gasteiger partial charge in [-0.25, -0.2) is 0 Å². The normalized spacial score (nSPS) is 11.6. The summed E-state index contributed by atoms with van der Waals surface area (Å²) in [4.78, 5) is 11.7. The Balaban J connectivity index is 2.69. The second kappa shape index (κ2) is 6.41. The van der Waals surface area contributed by atoms with Crippen LogP contribution >= 0.6 is 23.4 Å². The Kier molecular flexibility index (Phi) is 5.17. The van der Waals surface area contributed by atoms with Gasteiger partial charge in [0.1, 0.15) is 6.04 Å². The molecule has 0 spiro atoms. The van der Waals surface area contributed by atoms with E-state index in [1.165, 1.54) is 11.8 Å². The fraction of sp³-hybridized carbons (Fsp3) is 0.273. The molecule has 1 amide bonds. The van der Waals surface area contributed by atoms with Gasteiger partial charge >= 0.3 is 0 Å². The van der Waals surface area contributed by atoms with E-state index in [9.17, 15) is 4.79 Å². The van der Waals surface area contributed by atoms with E-state index in [-0.39, 0.29) is 5.91 Å². The molecule has 0 bridgehead atoms. The van der Waals surface area contributed by atoms with Crippen molar-refractivity contribution in [3.05, 3.63) is 34.9 Å². The van der Waals surface area contributed by atoms with E-state index in [1.807, 2.05) is 12.3 Å². The number of halogens is 1. The summed E-state index contributed by atoms with van der Waals surface area (Å²) in [6.07, 6.45) is 1.88. The van der Waals surface area contributed by atoms with Gasteiger partial charge in [0.05, 0.1) is 6.07 Å². The van der Waals surface area contributed by atoms with Crippen LogP contribution in [0.25, 0.3) is 0 Å². The van der Waals surface area contributed by atoms with Gasteiger partial charge in [-0.1, -0.05) is 17.7 Å². The zero-order valence-electron chi connectivity index (χ0n) is 8.74. The Morgan fingerprint density at radius 3 is 3.00 bits per heavy atom. The molecule has 1 rings (SSSR count). The number of nitriles is 1. The second-order valence-electron chi connectivity index (χ2n) is 3.12. The molecule has 84 valence electrons. The minimum Gasteiger partial charge on any atom is -0.336 e. The standard InChI is InChI=1S/C11H11ClN2OS/c1-16-7-10(6-13)14-11(15)8-3-2-4-9(12)5-8/h2-5,10H,7H2,1H3,(H,14,15). The van der Waals surface area contributed by atoms with Gasteiger partial charge in [0.25, 0.3) is 5.91 Å². The first-order valence-corrected chi connectivity index (χ1v) is 6.39. The summed E-state index contributed by atoms with van der Waals surface area (Å²) in [7, 11) is 0. The molecule has 5 heteroatoms. The van der Waals surface area contributed by atoms with Crippen molar-refractivity contribution < 1.29 is 4.79 Å². The van der Waals surface area contributed by atoms with Crippen LogP contribution in [0.4, 0.5) is 0 Å². The molecule has 0 heterocycles. The van der Waals surface area contributed by atoms with Crippen molar-refractivity contribution in [1.82, 2.24) is 5.32 Å². The first-order chi connectivity index (χ1) is 7.67. The number of amides is 1. The molecule has 3 nitrogen and oxygen atoms in total. The van der Waals surface area contributed by atoms with Crippen LogP contribution in [0.3, 0.4) is 0 Å². The second-order valence-corrected chi connectivity index (χ2v) is 4.47. The Labute approximate surface area is 104 Å². The number of benzene rings is 1. The van der Waals surface area contributed by atoms with Crippen molar-refractivity contribution in [3.63, 3.8) is 0 Å². The zero-order valence-corrected chi connectivity index (χ0v) is 10.3. The summed E-state index contributed by atoms with van der Waals surface area (Å²) in [5.41, 5.74) is 0.467. The maximum atomic E-state index is 11.7. The lowest BCUT2D eigenvalue weighted by Gasteiger charge is -2.10. The van der Waals surface area contributed by atoms with Gasteiger partial charge in [0, 0.05) is 16.3 Å². The maximum Gasteiger partial charge on any atom is 0.252 e. The quantitative estimate of drug-likeness (QED) is 0.897. The van der Waals surface area contributed by atoms with Crippen LogP contribution in [0, 0.1) is 11.3 Å². The van der Waals surface area contributed by atoms with Crippen molar-refractivity contribution in [2.45, 2.75) is 6.04 Å². The average Bonchev–Trinajstić information content (AvgIpc) is 2.28. The molecule has 1 N–H and O–H groups in total. The Morgan fingerprint density at radius 2 is 2.44 bits per heavy atom. The lowest BCUT2D eigenvalue weighted by molar-refractivity contribution is 0.0948. The van der Waals surface area contributed by atoms with Gasteiger partial charge in [-0.3, -0.25) is 4.79 Å². The van der Waals surface area contributed by atoms with E-state index in [4.69, 9.17) is 16.9 Å². The summed E-state index contributed by atoms with van der Waals surface area (Å²) >= 11 is 7.28. The number of thioether (sulfide) groups is 1. The predicted octanol–water partition coefficient (Wildman–Crippen LogP) is 2.32. The highest BCUT2D eigenvalue weighted by atomic mass is 35.5. The molecule has 0 aliphatic heterocycles. The molecular weight excluding hydrogens is 244 g/mol. The van der Waals surface area contributed by atoms with E-state index in [2.05, 4.69) is 5.32 Å². The Bertz CT molecular complexity index is 417. The lowest BCUT2D eigenvalue weighted by atomic mass is 10.2. The highest BCUT2D eigenvalue weighted by molar-refractivity contribution is 7.98. The highest BCUT2D eigenvalue weighted by Gasteiger charge is 2.12. The maximum absolute atomic E-state index is 11.7. The summed E-state index contributed by atoms with van der Waals surface area (Å²) in [6, 6.07) is 8.19. The number of nitrogens with zero attached hydrogens (tertiary/aromatic N) is 1. The van der Waals surface area contributed by atoms with Gasteiger partial charge in [0.2, 0.25) is 0 Å². The topological polar surface area (TPSA) is 52.9 Å². The van der Waals surface area contributed by atoms with E-state index in [0.717, 1.165) is 0 Å². The van der Waals surface area contributed by atoms with E-state index < -0.39 is 6.04 Å². The number of rotatable bonds is 4. The molecule has 1 unspecified atom stereocenters. The molecule has 1 aromatic carbocycles. The summed E-state index contributed by atoms with van der Waals surface area (Å²) < 4.78 is 0. The summed E-state index contributed by atoms with van der Waals surface area (Å²) in [5.74, 6) is 0.297. The molecule has 1 aromatic rings. The van der Waals surface area contributed by atoms with Crippen LogP contribution in [-0.4, -0.2) is 24.0 Å². The fourth-order valence-electron chi connectivity index (χ4n) is 1.15. The van der Waals surface area contributed by atoms with Crippen molar-refractivity contribution in [1.29, 1.82) is 5.26 Å². The first-order valence-electron chi connectivity index (χ1n) is 4.62. The molecule has 16 heavy (non-hydrogen) atoms. The number of hydrogen-bond acceptors (Lipinski definition) is 3. The Hall–Kier alpha value is -1.18. The summed E-state index contributed by atoms with van der Waals surface area (Å²) in [6.45, 7) is 0. The number of carbonyl (C=O) groups is 1. The smallest absolute Gasteiger partial charge is 0.252 e. The van der Waals surface area contributed by atoms with Gasteiger partial charge < -0.3 is 5.32 Å². The largest absolute Gasteiger partial charge is 0.336 e. The van der Waals surface area contributed by atoms with Crippen LogP contribution in [-0.2, 0) is 0 Å². The third-order valence-electron chi connectivity index (χ3n) is 1.88. The van der Waals surface area contributed by atoms with E-state index in [1.54, 1.807) is 24.3 Å². The first kappa shape index (κ1) is 12.9. The monoisotopic (exact) mass is 254 g/mol. The number of carbonyl (C=O) groups excluding carboxylic acids is 1. The average molecular weight is 255 g/mol. The van der Waals surface area contributed by atoms with Crippen LogP contribution in [0.2, 0.25) is 5.02 Å². The molecule has 0 aliphatic carbocycles. The van der Waals surface area contributed by atoms with Crippen LogP contribution in [0.15, 0.2) is 24.3 Å². The molecule has 0 aromatic heterocycles. The van der Waals surface area contributed by atoms with Crippen LogP contribution < -0.4 is 5.32 Å². The van der Waals surface area contributed by atoms with Gasteiger partial charge in [0.15, 0.2) is 0 Å². The molecular formula is C11H11ClN2OS. The van der Waals surface area contributed by atoms with Crippen molar-refractivity contribution in [2.24, 2.45) is 0 Å². The van der Waals surface area contributed by atoms with Crippen molar-refractivity contribution in [2.75, 3.05) is 12.0 Å². The molecule has 0 fully saturated rings. The molecule has 0 saturated carbocycles. The fourth-order valence-corrected chi connectivity index (χ4v) is 1.83. The van der Waals surface area contributed by atoms with Gasteiger partial charge in [-0.05, 0) is 24.5 Å². The van der Waals surface area contributed by atoms with E-state index in [0.29, 0.717) is 16.3 Å². The lowest BCUT2D eigenvalue weighted by Crippen LogP contribution is -2.35. The summed E-state index contributed by atoms with van der Waals surface area (Å²) in [5, 5.41) is 11.9. The minimum atomic E-state index is -0.471. The highest BCUT2D eigenvalue weighted by Crippen LogP contribution is 2.10. The SMILES string of the molecule is CSCC(C#N)NC(=O)c1cccc(Cl)c1. The van der Waals surface area contributed by atoms with Crippen LogP contribution in [0.1, 0.15) is 10.4 Å². The zero-order chi connectivity index (χ0) is 12.0. The van der Waals surface area contributed by atoms with Crippen LogP contribution in [0.5, 0.6) is 0 Å². The minimum absolute atomic E-state index is 0.275. The predicted molar refractivity (Wildman–Crippen MR) is 66.7 cm³/mol. The molecule has 1 atom stereocenters. The molecule has 0 aliphatic rings. The van der Waals surface area contributed by atoms with Crippen molar-refractivity contribution >= 4 is 29.3 Å². The number of hydrogen-bond donors (Lipinski definition) is 1. The Morgan fingerprint density at radius 1 is 1.69 bits per heavy atom. The third-order valence-corrected chi connectivity index (χ3v) is 2.78. The third kappa shape index (κ3) is 3.76. The molecule has 0 saturated heterocycles. The van der Waals surface area contributed by atoms with Gasteiger partial charge in [-0.2, -0.15) is 17.0 Å². The van der Waals surface area contributed by atoms with Gasteiger partial charge in [-0.15, -0.1) is 0 Å². The van der Waals surface area contributed by atoms with Crippen molar-refractivity contribution in [3.8, 4) is 6.07 Å². The molecule has 0 radical (unpaired) electrons.